The Morgan fingerprint density at radius 3 is 2.83 bits per heavy atom. The Hall–Kier alpha value is -3.07. The van der Waals surface area contributed by atoms with Gasteiger partial charge in [-0.25, -0.2) is 4.98 Å². The normalized spacial score (nSPS) is 11.3. The summed E-state index contributed by atoms with van der Waals surface area (Å²) in [5.41, 5.74) is 0.797. The van der Waals surface area contributed by atoms with Crippen LogP contribution in [0.25, 0.3) is 11.0 Å². The summed E-state index contributed by atoms with van der Waals surface area (Å²) < 4.78 is 27.7. The lowest BCUT2D eigenvalue weighted by atomic mass is 10.3. The molecule has 3 rings (SSSR count). The number of benzene rings is 1. The molecule has 0 bridgehead atoms. The quantitative estimate of drug-likeness (QED) is 0.614. The summed E-state index contributed by atoms with van der Waals surface area (Å²) in [5, 5.41) is 10.0. The first-order chi connectivity index (χ1) is 11.0. The van der Waals surface area contributed by atoms with E-state index in [1.807, 2.05) is 0 Å². The molecular weight excluding hydrogens is 320 g/mol. The van der Waals surface area contributed by atoms with Gasteiger partial charge < -0.3 is 10.1 Å². The largest absolute Gasteiger partial charge is 0.508 e. The molecule has 0 aliphatic carbocycles. The van der Waals surface area contributed by atoms with Crippen LogP contribution in [-0.4, -0.2) is 29.9 Å². The lowest BCUT2D eigenvalue weighted by Crippen LogP contribution is -2.34. The number of amides is 1. The lowest BCUT2D eigenvalue weighted by Gasteiger charge is -2.18. The number of aromatic nitrogens is 2. The smallest absolute Gasteiger partial charge is 0.330 e. The van der Waals surface area contributed by atoms with E-state index in [-0.39, 0.29) is 23.5 Å². The summed E-state index contributed by atoms with van der Waals surface area (Å²) in [6.45, 7) is 0. The predicted molar refractivity (Wildman–Crippen MR) is 85.3 cm³/mol. The van der Waals surface area contributed by atoms with E-state index in [0.29, 0.717) is 15.3 Å². The third kappa shape index (κ3) is 2.81. The molecule has 0 saturated heterocycles. The van der Waals surface area contributed by atoms with Gasteiger partial charge in [-0.3, -0.25) is 9.52 Å². The van der Waals surface area contributed by atoms with Gasteiger partial charge in [0, 0.05) is 23.8 Å². The molecule has 2 aromatic heterocycles. The van der Waals surface area contributed by atoms with Gasteiger partial charge in [-0.1, -0.05) is 6.07 Å². The Bertz CT molecular complexity index is 968. The highest BCUT2D eigenvalue weighted by Crippen LogP contribution is 2.25. The number of phenols is 1. The third-order valence-corrected chi connectivity index (χ3v) is 4.42. The number of H-pyrrole nitrogens is 1. The fourth-order valence-corrected chi connectivity index (χ4v) is 3.16. The highest BCUT2D eigenvalue weighted by atomic mass is 32.2. The van der Waals surface area contributed by atoms with Crippen molar-refractivity contribution in [3.05, 3.63) is 48.8 Å². The maximum Gasteiger partial charge on any atom is 0.330 e. The maximum atomic E-state index is 12.5. The van der Waals surface area contributed by atoms with Crippen molar-refractivity contribution in [2.45, 2.75) is 0 Å². The van der Waals surface area contributed by atoms with E-state index in [4.69, 9.17) is 0 Å². The van der Waals surface area contributed by atoms with Crippen LogP contribution in [0.5, 0.6) is 5.75 Å². The molecule has 2 heterocycles. The maximum absolute atomic E-state index is 12.5. The summed E-state index contributed by atoms with van der Waals surface area (Å²) in [5.74, 6) is -0.152. The molecule has 118 valence electrons. The fourth-order valence-electron chi connectivity index (χ4n) is 2.11. The zero-order chi connectivity index (χ0) is 16.4. The van der Waals surface area contributed by atoms with Gasteiger partial charge in [-0.2, -0.15) is 12.7 Å². The second-order valence-corrected chi connectivity index (χ2v) is 6.18. The molecule has 8 nitrogen and oxygen atoms in total. The number of pyridine rings is 1. The number of fused-ring (bicyclic) bond motifs is 1. The van der Waals surface area contributed by atoms with Gasteiger partial charge in [0.1, 0.15) is 11.4 Å². The van der Waals surface area contributed by atoms with Gasteiger partial charge in [0.05, 0.1) is 11.4 Å². The molecule has 0 spiro atoms. The van der Waals surface area contributed by atoms with E-state index in [2.05, 4.69) is 14.7 Å². The van der Waals surface area contributed by atoms with Crippen LogP contribution in [0.4, 0.5) is 11.4 Å². The fraction of sp³-hybridized carbons (Fsp3) is 0. The number of carbonyl (C=O) groups excluding carboxylic acids is 1. The van der Waals surface area contributed by atoms with Crippen LogP contribution < -0.4 is 9.03 Å². The molecule has 3 aromatic rings. The van der Waals surface area contributed by atoms with Gasteiger partial charge in [-0.15, -0.1) is 0 Å². The predicted octanol–water partition coefficient (Wildman–Crippen LogP) is 1.59. The van der Waals surface area contributed by atoms with Crippen molar-refractivity contribution < 1.29 is 18.3 Å². The van der Waals surface area contributed by atoms with Crippen molar-refractivity contribution in [2.24, 2.45) is 0 Å². The molecule has 0 saturated carbocycles. The molecule has 1 amide bonds. The van der Waals surface area contributed by atoms with E-state index in [0.717, 1.165) is 0 Å². The van der Waals surface area contributed by atoms with Crippen LogP contribution in [0.2, 0.25) is 0 Å². The number of anilines is 2. The van der Waals surface area contributed by atoms with E-state index in [1.165, 1.54) is 30.5 Å². The highest BCUT2D eigenvalue weighted by molar-refractivity contribution is 7.94. The molecule has 9 heteroatoms. The number of aromatic amines is 1. The number of carbonyl (C=O) groups is 1. The minimum absolute atomic E-state index is 0.0190. The zero-order valence-corrected chi connectivity index (χ0v) is 12.5. The molecule has 0 radical (unpaired) electrons. The van der Waals surface area contributed by atoms with E-state index >= 15 is 0 Å². The number of phenolic OH excluding ortho intramolecular Hbond substituents is 1. The highest BCUT2D eigenvalue weighted by Gasteiger charge is 2.23. The first-order valence-electron chi connectivity index (χ1n) is 6.50. The van der Waals surface area contributed by atoms with Crippen LogP contribution in [0, 0.1) is 0 Å². The van der Waals surface area contributed by atoms with Crippen molar-refractivity contribution in [2.75, 3.05) is 9.03 Å². The Labute approximate surface area is 131 Å². The minimum atomic E-state index is -4.20. The molecule has 0 atom stereocenters. The number of aromatic hydroxyl groups is 1. The molecular formula is C14H12N4O4S. The number of nitrogens with zero attached hydrogens (tertiary/aromatic N) is 2. The van der Waals surface area contributed by atoms with Gasteiger partial charge in [0.15, 0.2) is 0 Å². The Morgan fingerprint density at radius 2 is 2.09 bits per heavy atom. The topological polar surface area (TPSA) is 115 Å². The average Bonchev–Trinajstić information content (AvgIpc) is 2.90. The summed E-state index contributed by atoms with van der Waals surface area (Å²) >= 11 is 0. The average molecular weight is 332 g/mol. The van der Waals surface area contributed by atoms with Gasteiger partial charge in [0.25, 0.3) is 0 Å². The minimum Gasteiger partial charge on any atom is -0.508 e. The van der Waals surface area contributed by atoms with Crippen molar-refractivity contribution >= 4 is 39.0 Å². The summed E-state index contributed by atoms with van der Waals surface area (Å²) in [6.07, 6.45) is 3.17. The number of hydrogen-bond acceptors (Lipinski definition) is 5. The van der Waals surface area contributed by atoms with Crippen LogP contribution >= 0.6 is 0 Å². The van der Waals surface area contributed by atoms with Crippen LogP contribution in [0.3, 0.4) is 0 Å². The number of rotatable bonds is 5. The number of nitrogens with one attached hydrogen (secondary N) is 2. The zero-order valence-electron chi connectivity index (χ0n) is 11.7. The Balaban J connectivity index is 1.98. The first-order valence-corrected chi connectivity index (χ1v) is 7.94. The van der Waals surface area contributed by atoms with Crippen molar-refractivity contribution in [1.82, 2.24) is 9.97 Å². The monoisotopic (exact) mass is 332 g/mol. The third-order valence-electron chi connectivity index (χ3n) is 3.13. The summed E-state index contributed by atoms with van der Waals surface area (Å²) in [7, 11) is -4.20. The standard InChI is InChI=1S/C14H12N4O4S/c19-9-18(10-3-1-4-11(20)7-10)23(21,22)17-13-8-16-14-12(13)5-2-6-15-14/h1-9,17,20H,(H,15,16). The Morgan fingerprint density at radius 1 is 1.26 bits per heavy atom. The second kappa shape index (κ2) is 5.61. The summed E-state index contributed by atoms with van der Waals surface area (Å²) in [4.78, 5) is 18.2. The van der Waals surface area contributed by atoms with Gasteiger partial charge in [-0.05, 0) is 24.3 Å². The lowest BCUT2D eigenvalue weighted by molar-refractivity contribution is -0.106. The molecule has 0 aliphatic heterocycles. The van der Waals surface area contributed by atoms with Crippen molar-refractivity contribution in [3.8, 4) is 5.75 Å². The molecule has 1 aromatic carbocycles. The van der Waals surface area contributed by atoms with E-state index < -0.39 is 10.2 Å². The second-order valence-electron chi connectivity index (χ2n) is 4.63. The molecule has 0 aliphatic rings. The number of hydrogen-bond donors (Lipinski definition) is 3. The SMILES string of the molecule is O=CN(c1cccc(O)c1)S(=O)(=O)Nc1c[nH]c2ncccc12. The molecule has 0 fully saturated rings. The van der Waals surface area contributed by atoms with Crippen LogP contribution in [0.15, 0.2) is 48.8 Å². The summed E-state index contributed by atoms with van der Waals surface area (Å²) in [6, 6.07) is 8.73. The van der Waals surface area contributed by atoms with Gasteiger partial charge >= 0.3 is 10.2 Å². The first kappa shape index (κ1) is 14.9. The van der Waals surface area contributed by atoms with E-state index in [1.54, 1.807) is 18.3 Å². The molecule has 0 unspecified atom stereocenters. The Kier molecular flexibility index (Phi) is 3.62. The van der Waals surface area contributed by atoms with Crippen molar-refractivity contribution in [1.29, 1.82) is 0 Å². The van der Waals surface area contributed by atoms with Gasteiger partial charge in [0.2, 0.25) is 6.41 Å². The van der Waals surface area contributed by atoms with Crippen LogP contribution in [0.1, 0.15) is 0 Å². The van der Waals surface area contributed by atoms with Crippen molar-refractivity contribution in [3.63, 3.8) is 0 Å². The molecule has 3 N–H and O–H groups in total. The van der Waals surface area contributed by atoms with Crippen LogP contribution in [-0.2, 0) is 15.0 Å². The molecule has 23 heavy (non-hydrogen) atoms. The van der Waals surface area contributed by atoms with E-state index in [9.17, 15) is 18.3 Å².